The first kappa shape index (κ1) is 13.9. The zero-order chi connectivity index (χ0) is 13.3. The molecule has 1 aromatic rings. The predicted molar refractivity (Wildman–Crippen MR) is 78.8 cm³/mol. The number of benzene rings is 1. The van der Waals surface area contributed by atoms with Crippen LogP contribution in [-0.2, 0) is 9.84 Å². The number of hydrogen-bond donors (Lipinski definition) is 1. The summed E-state index contributed by atoms with van der Waals surface area (Å²) in [5.41, 5.74) is 2.15. The number of nitrogens with one attached hydrogen (secondary N) is 1. The smallest absolute Gasteiger partial charge is 0.152 e. The monoisotopic (exact) mass is 331 g/mol. The third-order valence-corrected chi connectivity index (χ3v) is 6.04. The second-order valence-electron chi connectivity index (χ2n) is 5.01. The summed E-state index contributed by atoms with van der Waals surface area (Å²) in [4.78, 5) is 0. The Hall–Kier alpha value is -0.550. The van der Waals surface area contributed by atoms with E-state index in [1.165, 1.54) is 11.8 Å². The van der Waals surface area contributed by atoms with E-state index < -0.39 is 9.84 Å². The first-order valence-electron chi connectivity index (χ1n) is 6.09. The highest BCUT2D eigenvalue weighted by atomic mass is 79.9. The lowest BCUT2D eigenvalue weighted by molar-refractivity contribution is 0.579. The summed E-state index contributed by atoms with van der Waals surface area (Å²) >= 11 is 3.49. The normalized spacial score (nSPS) is 24.2. The van der Waals surface area contributed by atoms with Crippen molar-refractivity contribution in [2.45, 2.75) is 37.5 Å². The number of hydrogen-bond acceptors (Lipinski definition) is 3. The van der Waals surface area contributed by atoms with Crippen molar-refractivity contribution < 1.29 is 8.42 Å². The topological polar surface area (TPSA) is 46.2 Å². The zero-order valence-corrected chi connectivity index (χ0v) is 13.0. The molecule has 2 rings (SSSR count). The van der Waals surface area contributed by atoms with E-state index >= 15 is 0 Å². The van der Waals surface area contributed by atoms with Gasteiger partial charge in [0.15, 0.2) is 9.84 Å². The summed E-state index contributed by atoms with van der Waals surface area (Å²) in [5.74, 6) is 0. The van der Waals surface area contributed by atoms with E-state index in [1.54, 1.807) is 0 Å². The average Bonchev–Trinajstić information content (AvgIpc) is 2.71. The van der Waals surface area contributed by atoms with Crippen molar-refractivity contribution in [1.82, 2.24) is 0 Å². The van der Waals surface area contributed by atoms with Crippen molar-refractivity contribution in [3.8, 4) is 0 Å². The fourth-order valence-electron chi connectivity index (χ4n) is 2.50. The lowest BCUT2D eigenvalue weighted by Crippen LogP contribution is -2.34. The molecule has 0 saturated heterocycles. The molecule has 1 aromatic carbocycles. The fourth-order valence-corrected chi connectivity index (χ4v) is 4.27. The van der Waals surface area contributed by atoms with E-state index in [-0.39, 0.29) is 11.3 Å². The molecule has 1 N–H and O–H groups in total. The highest BCUT2D eigenvalue weighted by Gasteiger charge is 2.34. The van der Waals surface area contributed by atoms with Crippen LogP contribution in [0.15, 0.2) is 22.7 Å². The predicted octanol–water partition coefficient (Wildman–Crippen LogP) is 3.14. The molecular formula is C13H18BrNO2S. The maximum Gasteiger partial charge on any atom is 0.152 e. The number of sulfone groups is 1. The van der Waals surface area contributed by atoms with Crippen LogP contribution in [0.3, 0.4) is 0 Å². The van der Waals surface area contributed by atoms with Crippen molar-refractivity contribution >= 4 is 31.5 Å². The summed E-state index contributed by atoms with van der Waals surface area (Å²) in [6.07, 6.45) is 4.00. The molecule has 0 heterocycles. The molecule has 5 heteroatoms. The van der Waals surface area contributed by atoms with Gasteiger partial charge in [-0.25, -0.2) is 8.42 Å². The molecule has 0 aliphatic heterocycles. The summed E-state index contributed by atoms with van der Waals surface area (Å²) < 4.78 is 24.5. The van der Waals surface area contributed by atoms with Gasteiger partial charge in [-0.1, -0.05) is 22.0 Å². The minimum absolute atomic E-state index is 0.0367. The van der Waals surface area contributed by atoms with Crippen molar-refractivity contribution in [3.63, 3.8) is 0 Å². The summed E-state index contributed by atoms with van der Waals surface area (Å²) in [6.45, 7) is 2.03. The second-order valence-corrected chi connectivity index (χ2v) is 8.13. The summed E-state index contributed by atoms with van der Waals surface area (Å²) in [7, 11) is -2.96. The van der Waals surface area contributed by atoms with Gasteiger partial charge in [-0.15, -0.1) is 0 Å². The molecule has 2 atom stereocenters. The molecule has 3 nitrogen and oxygen atoms in total. The molecule has 1 fully saturated rings. The van der Waals surface area contributed by atoms with Crippen LogP contribution in [0.5, 0.6) is 0 Å². The highest BCUT2D eigenvalue weighted by molar-refractivity contribution is 9.10. The van der Waals surface area contributed by atoms with E-state index in [0.717, 1.165) is 29.4 Å². The maximum atomic E-state index is 11.7. The van der Waals surface area contributed by atoms with Gasteiger partial charge in [-0.2, -0.15) is 0 Å². The van der Waals surface area contributed by atoms with Gasteiger partial charge in [0.25, 0.3) is 0 Å². The minimum Gasteiger partial charge on any atom is -0.381 e. The standard InChI is InChI=1S/C13H18BrNO2S/c1-9-6-7-10(8-11(9)14)15-12-4-3-5-13(12)18(2,16)17/h6-8,12-13,15H,3-5H2,1-2H3. The highest BCUT2D eigenvalue weighted by Crippen LogP contribution is 2.29. The average molecular weight is 332 g/mol. The van der Waals surface area contributed by atoms with E-state index in [0.29, 0.717) is 0 Å². The van der Waals surface area contributed by atoms with Gasteiger partial charge in [-0.05, 0) is 43.9 Å². The van der Waals surface area contributed by atoms with Crippen LogP contribution < -0.4 is 5.32 Å². The summed E-state index contributed by atoms with van der Waals surface area (Å²) in [6, 6.07) is 6.07. The lowest BCUT2D eigenvalue weighted by Gasteiger charge is -2.21. The first-order chi connectivity index (χ1) is 8.38. The van der Waals surface area contributed by atoms with E-state index in [9.17, 15) is 8.42 Å². The number of rotatable bonds is 3. The number of anilines is 1. The molecule has 0 spiro atoms. The molecule has 0 bridgehead atoms. The largest absolute Gasteiger partial charge is 0.381 e. The zero-order valence-electron chi connectivity index (χ0n) is 10.6. The van der Waals surface area contributed by atoms with Crippen LogP contribution in [0.1, 0.15) is 24.8 Å². The van der Waals surface area contributed by atoms with E-state index in [1.807, 2.05) is 25.1 Å². The molecular weight excluding hydrogens is 314 g/mol. The summed E-state index contributed by atoms with van der Waals surface area (Å²) in [5, 5.41) is 3.10. The van der Waals surface area contributed by atoms with Crippen molar-refractivity contribution in [2.24, 2.45) is 0 Å². The van der Waals surface area contributed by atoms with E-state index in [4.69, 9.17) is 0 Å². The van der Waals surface area contributed by atoms with Gasteiger partial charge < -0.3 is 5.32 Å². The Morgan fingerprint density at radius 1 is 1.33 bits per heavy atom. The SMILES string of the molecule is Cc1ccc(NC2CCCC2S(C)(=O)=O)cc1Br. The molecule has 1 aliphatic rings. The van der Waals surface area contributed by atoms with E-state index in [2.05, 4.69) is 21.2 Å². The van der Waals surface area contributed by atoms with Gasteiger partial charge in [0.05, 0.1) is 5.25 Å². The molecule has 0 radical (unpaired) electrons. The van der Waals surface area contributed by atoms with Crippen LogP contribution in [0.25, 0.3) is 0 Å². The third-order valence-electron chi connectivity index (χ3n) is 3.53. The van der Waals surface area contributed by atoms with Crippen LogP contribution in [0.4, 0.5) is 5.69 Å². The fraction of sp³-hybridized carbons (Fsp3) is 0.538. The molecule has 1 saturated carbocycles. The third kappa shape index (κ3) is 3.06. The van der Waals surface area contributed by atoms with Crippen LogP contribution in [-0.4, -0.2) is 26.0 Å². The van der Waals surface area contributed by atoms with Crippen molar-refractivity contribution in [3.05, 3.63) is 28.2 Å². The quantitative estimate of drug-likeness (QED) is 0.925. The Balaban J connectivity index is 2.16. The molecule has 0 aromatic heterocycles. The van der Waals surface area contributed by atoms with Crippen LogP contribution in [0.2, 0.25) is 0 Å². The Bertz CT molecular complexity index is 542. The van der Waals surface area contributed by atoms with Gasteiger partial charge in [-0.3, -0.25) is 0 Å². The van der Waals surface area contributed by atoms with Gasteiger partial charge >= 0.3 is 0 Å². The van der Waals surface area contributed by atoms with Crippen molar-refractivity contribution in [2.75, 3.05) is 11.6 Å². The van der Waals surface area contributed by atoms with Gasteiger partial charge in [0.2, 0.25) is 0 Å². The maximum absolute atomic E-state index is 11.7. The Labute approximate surface area is 117 Å². The first-order valence-corrected chi connectivity index (χ1v) is 8.84. The van der Waals surface area contributed by atoms with Gasteiger partial charge in [0, 0.05) is 22.5 Å². The Morgan fingerprint density at radius 2 is 2.06 bits per heavy atom. The second kappa shape index (κ2) is 5.21. The molecule has 1 aliphatic carbocycles. The van der Waals surface area contributed by atoms with Gasteiger partial charge in [0.1, 0.15) is 0 Å². The molecule has 2 unspecified atom stereocenters. The lowest BCUT2D eigenvalue weighted by atomic mass is 10.2. The number of aryl methyl sites for hydroxylation is 1. The Kier molecular flexibility index (Phi) is 4.02. The van der Waals surface area contributed by atoms with Crippen molar-refractivity contribution in [1.29, 1.82) is 0 Å². The van der Waals surface area contributed by atoms with Crippen LogP contribution >= 0.6 is 15.9 Å². The molecule has 100 valence electrons. The van der Waals surface area contributed by atoms with Crippen LogP contribution in [0, 0.1) is 6.92 Å². The molecule has 18 heavy (non-hydrogen) atoms. The Morgan fingerprint density at radius 3 is 2.67 bits per heavy atom. The minimum atomic E-state index is -2.96. The molecule has 0 amide bonds. The number of halogens is 1.